The molecule has 1 aromatic heterocycles. The fraction of sp³-hybridized carbons (Fsp3) is 0.0833. The minimum atomic E-state index is -3.29. The molecule has 2 N–H and O–H groups in total. The highest BCUT2D eigenvalue weighted by atomic mass is 79.9. The Balaban J connectivity index is 2.06. The molecule has 0 radical (unpaired) electrons. The molecule has 2 aromatic rings. The van der Waals surface area contributed by atoms with Crippen molar-refractivity contribution in [2.45, 2.75) is 0 Å². The minimum absolute atomic E-state index is 0.212. The van der Waals surface area contributed by atoms with Crippen LogP contribution in [0.25, 0.3) is 0 Å². The van der Waals surface area contributed by atoms with Crippen LogP contribution in [0.1, 0.15) is 10.4 Å². The standard InChI is InChI=1S/C12H11BrN2O3S2/c1-20(17,18)15-10-4-2-9(3-5-10)14-12(16)8-6-11(13)19-7-8/h2-7,15H,1H3,(H,14,16). The van der Waals surface area contributed by atoms with Gasteiger partial charge in [-0.3, -0.25) is 9.52 Å². The van der Waals surface area contributed by atoms with Gasteiger partial charge in [-0.1, -0.05) is 0 Å². The number of amides is 1. The molecule has 0 bridgehead atoms. The number of hydrogen-bond donors (Lipinski definition) is 2. The van der Waals surface area contributed by atoms with Crippen molar-refractivity contribution in [2.24, 2.45) is 0 Å². The Labute approximate surface area is 129 Å². The van der Waals surface area contributed by atoms with Crippen molar-refractivity contribution in [2.75, 3.05) is 16.3 Å². The lowest BCUT2D eigenvalue weighted by molar-refractivity contribution is 0.102. The lowest BCUT2D eigenvalue weighted by atomic mass is 10.2. The van der Waals surface area contributed by atoms with Gasteiger partial charge in [0.15, 0.2) is 0 Å². The van der Waals surface area contributed by atoms with Gasteiger partial charge in [0.25, 0.3) is 5.91 Å². The van der Waals surface area contributed by atoms with Crippen molar-refractivity contribution in [1.82, 2.24) is 0 Å². The average Bonchev–Trinajstić information content (AvgIpc) is 2.77. The predicted octanol–water partition coefficient (Wildman–Crippen LogP) is 3.13. The Morgan fingerprint density at radius 2 is 1.80 bits per heavy atom. The van der Waals surface area contributed by atoms with Crippen LogP contribution in [0.5, 0.6) is 0 Å². The SMILES string of the molecule is CS(=O)(=O)Nc1ccc(NC(=O)c2csc(Br)c2)cc1. The quantitative estimate of drug-likeness (QED) is 0.862. The first kappa shape index (κ1) is 15.0. The molecule has 1 aromatic carbocycles. The summed E-state index contributed by atoms with van der Waals surface area (Å²) in [6.07, 6.45) is 1.08. The molecule has 106 valence electrons. The van der Waals surface area contributed by atoms with E-state index in [1.54, 1.807) is 35.7 Å². The maximum absolute atomic E-state index is 11.9. The summed E-state index contributed by atoms with van der Waals surface area (Å²) >= 11 is 4.73. The molecule has 0 aliphatic rings. The second-order valence-corrected chi connectivity index (χ2v) is 8.08. The number of carbonyl (C=O) groups excluding carboxylic acids is 1. The van der Waals surface area contributed by atoms with E-state index in [1.807, 2.05) is 0 Å². The van der Waals surface area contributed by atoms with Gasteiger partial charge in [-0.25, -0.2) is 8.42 Å². The first-order valence-electron chi connectivity index (χ1n) is 5.47. The third kappa shape index (κ3) is 4.32. The molecular formula is C12H11BrN2O3S2. The number of sulfonamides is 1. The molecule has 0 saturated heterocycles. The van der Waals surface area contributed by atoms with Crippen LogP contribution in [0.4, 0.5) is 11.4 Å². The predicted molar refractivity (Wildman–Crippen MR) is 84.9 cm³/mol. The van der Waals surface area contributed by atoms with Gasteiger partial charge in [0, 0.05) is 16.8 Å². The first-order chi connectivity index (χ1) is 9.33. The van der Waals surface area contributed by atoms with Gasteiger partial charge in [-0.15, -0.1) is 11.3 Å². The average molecular weight is 375 g/mol. The first-order valence-corrected chi connectivity index (χ1v) is 9.03. The Morgan fingerprint density at radius 1 is 1.20 bits per heavy atom. The van der Waals surface area contributed by atoms with Gasteiger partial charge in [-0.05, 0) is 46.3 Å². The summed E-state index contributed by atoms with van der Waals surface area (Å²) in [5.41, 5.74) is 1.61. The zero-order valence-electron chi connectivity index (χ0n) is 10.4. The molecule has 0 aliphatic heterocycles. The maximum Gasteiger partial charge on any atom is 0.256 e. The van der Waals surface area contributed by atoms with Crippen molar-refractivity contribution in [1.29, 1.82) is 0 Å². The van der Waals surface area contributed by atoms with Crippen LogP contribution in [0, 0.1) is 0 Å². The lowest BCUT2D eigenvalue weighted by Crippen LogP contribution is -2.11. The Bertz CT molecular complexity index is 723. The van der Waals surface area contributed by atoms with Crippen LogP contribution in [-0.2, 0) is 10.0 Å². The molecule has 1 amide bonds. The molecule has 0 aliphatic carbocycles. The molecule has 0 fully saturated rings. The van der Waals surface area contributed by atoms with E-state index >= 15 is 0 Å². The van der Waals surface area contributed by atoms with Crippen molar-refractivity contribution >= 4 is 54.6 Å². The van der Waals surface area contributed by atoms with Crippen LogP contribution < -0.4 is 10.0 Å². The van der Waals surface area contributed by atoms with Crippen LogP contribution >= 0.6 is 27.3 Å². The number of benzene rings is 1. The van der Waals surface area contributed by atoms with Crippen LogP contribution in [0.15, 0.2) is 39.5 Å². The number of halogens is 1. The van der Waals surface area contributed by atoms with Gasteiger partial charge in [-0.2, -0.15) is 0 Å². The molecule has 0 unspecified atom stereocenters. The second-order valence-electron chi connectivity index (χ2n) is 4.05. The Hall–Kier alpha value is -1.38. The number of hydrogen-bond acceptors (Lipinski definition) is 4. The molecule has 8 heteroatoms. The van der Waals surface area contributed by atoms with Crippen LogP contribution in [0.3, 0.4) is 0 Å². The highest BCUT2D eigenvalue weighted by Crippen LogP contribution is 2.22. The number of nitrogens with one attached hydrogen (secondary N) is 2. The van der Waals surface area contributed by atoms with Gasteiger partial charge < -0.3 is 5.32 Å². The highest BCUT2D eigenvalue weighted by molar-refractivity contribution is 9.11. The van der Waals surface area contributed by atoms with Crippen LogP contribution in [0.2, 0.25) is 0 Å². The van der Waals surface area contributed by atoms with E-state index in [0.717, 1.165) is 10.0 Å². The number of thiophene rings is 1. The summed E-state index contributed by atoms with van der Waals surface area (Å²) in [6.45, 7) is 0. The van der Waals surface area contributed by atoms with E-state index in [2.05, 4.69) is 26.0 Å². The molecule has 2 rings (SSSR count). The molecule has 0 saturated carbocycles. The van der Waals surface area contributed by atoms with E-state index in [4.69, 9.17) is 0 Å². The largest absolute Gasteiger partial charge is 0.322 e. The molecule has 0 spiro atoms. The smallest absolute Gasteiger partial charge is 0.256 e. The van der Waals surface area contributed by atoms with Crippen molar-refractivity contribution in [3.63, 3.8) is 0 Å². The van der Waals surface area contributed by atoms with E-state index in [-0.39, 0.29) is 5.91 Å². The Morgan fingerprint density at radius 3 is 2.30 bits per heavy atom. The minimum Gasteiger partial charge on any atom is -0.322 e. The van der Waals surface area contributed by atoms with E-state index in [0.29, 0.717) is 16.9 Å². The topological polar surface area (TPSA) is 75.3 Å². The second kappa shape index (κ2) is 5.94. The summed E-state index contributed by atoms with van der Waals surface area (Å²) in [5, 5.41) is 4.48. The lowest BCUT2D eigenvalue weighted by Gasteiger charge is -2.06. The maximum atomic E-state index is 11.9. The van der Waals surface area contributed by atoms with Crippen LogP contribution in [-0.4, -0.2) is 20.6 Å². The number of rotatable bonds is 4. The van der Waals surface area contributed by atoms with Crippen molar-refractivity contribution < 1.29 is 13.2 Å². The highest BCUT2D eigenvalue weighted by Gasteiger charge is 2.08. The molecule has 1 heterocycles. The molecule has 0 atom stereocenters. The number of anilines is 2. The van der Waals surface area contributed by atoms with E-state index < -0.39 is 10.0 Å². The van der Waals surface area contributed by atoms with E-state index in [1.165, 1.54) is 11.3 Å². The van der Waals surface area contributed by atoms with Gasteiger partial charge in [0.1, 0.15) is 0 Å². The Kier molecular flexibility index (Phi) is 4.46. The fourth-order valence-corrected chi connectivity index (χ4v) is 3.17. The van der Waals surface area contributed by atoms with Crippen molar-refractivity contribution in [3.05, 3.63) is 45.1 Å². The summed E-state index contributed by atoms with van der Waals surface area (Å²) in [4.78, 5) is 11.9. The molecule has 5 nitrogen and oxygen atoms in total. The molecular weight excluding hydrogens is 364 g/mol. The third-order valence-electron chi connectivity index (χ3n) is 2.28. The fourth-order valence-electron chi connectivity index (χ4n) is 1.47. The van der Waals surface area contributed by atoms with E-state index in [9.17, 15) is 13.2 Å². The third-order valence-corrected chi connectivity index (χ3v) is 4.39. The summed E-state index contributed by atoms with van der Waals surface area (Å²) in [5.74, 6) is -0.212. The van der Waals surface area contributed by atoms with Crippen molar-refractivity contribution in [3.8, 4) is 0 Å². The monoisotopic (exact) mass is 374 g/mol. The summed E-state index contributed by atoms with van der Waals surface area (Å²) < 4.78 is 25.4. The molecule has 20 heavy (non-hydrogen) atoms. The van der Waals surface area contributed by atoms with Gasteiger partial charge in [0.2, 0.25) is 10.0 Å². The summed E-state index contributed by atoms with van der Waals surface area (Å²) in [7, 11) is -3.29. The zero-order valence-corrected chi connectivity index (χ0v) is 13.6. The summed E-state index contributed by atoms with van der Waals surface area (Å²) in [6, 6.07) is 8.17. The zero-order chi connectivity index (χ0) is 14.8. The number of carbonyl (C=O) groups is 1. The normalized spacial score (nSPS) is 11.1. The van der Waals surface area contributed by atoms with Gasteiger partial charge in [0.05, 0.1) is 15.6 Å². The van der Waals surface area contributed by atoms with Gasteiger partial charge >= 0.3 is 0 Å².